The Morgan fingerprint density at radius 2 is 2.14 bits per heavy atom. The molecule has 3 aliphatic rings. The molecule has 0 bridgehead atoms. The highest BCUT2D eigenvalue weighted by Crippen LogP contribution is 2.33. The van der Waals surface area contributed by atoms with Gasteiger partial charge in [0.25, 0.3) is 0 Å². The van der Waals surface area contributed by atoms with Gasteiger partial charge in [0, 0.05) is 30.4 Å². The normalized spacial score (nSPS) is 24.5. The minimum atomic E-state index is -0.150. The van der Waals surface area contributed by atoms with Gasteiger partial charge in [-0.25, -0.2) is 0 Å². The second kappa shape index (κ2) is 5.69. The van der Waals surface area contributed by atoms with Gasteiger partial charge in [-0.15, -0.1) is 11.3 Å². The molecule has 1 aromatic rings. The molecule has 118 valence electrons. The highest BCUT2D eigenvalue weighted by atomic mass is 32.1. The highest BCUT2D eigenvalue weighted by Gasteiger charge is 2.41. The van der Waals surface area contributed by atoms with Crippen LogP contribution in [-0.2, 0) is 29.0 Å². The molecule has 2 aliphatic carbocycles. The van der Waals surface area contributed by atoms with Crippen LogP contribution in [0.4, 0.5) is 0 Å². The maximum Gasteiger partial charge on any atom is 0.225 e. The Labute approximate surface area is 134 Å². The van der Waals surface area contributed by atoms with Gasteiger partial charge >= 0.3 is 0 Å². The predicted molar refractivity (Wildman–Crippen MR) is 85.6 cm³/mol. The Kier molecular flexibility index (Phi) is 3.68. The van der Waals surface area contributed by atoms with Crippen molar-refractivity contribution in [3.05, 3.63) is 21.4 Å². The zero-order chi connectivity index (χ0) is 15.1. The average molecular weight is 318 g/mol. The number of hydrogen-bond acceptors (Lipinski definition) is 3. The SMILES string of the molecule is O=C(NCc1csc2c1CCCC2)[C@H]1CC(=O)N(C2CC2)C1. The van der Waals surface area contributed by atoms with E-state index in [1.54, 1.807) is 0 Å². The lowest BCUT2D eigenvalue weighted by atomic mass is 9.96. The molecule has 1 aliphatic heterocycles. The van der Waals surface area contributed by atoms with Crippen molar-refractivity contribution in [2.45, 2.75) is 57.5 Å². The summed E-state index contributed by atoms with van der Waals surface area (Å²) in [7, 11) is 0. The van der Waals surface area contributed by atoms with Crippen molar-refractivity contribution < 1.29 is 9.59 Å². The Morgan fingerprint density at radius 1 is 1.32 bits per heavy atom. The highest BCUT2D eigenvalue weighted by molar-refractivity contribution is 7.10. The van der Waals surface area contributed by atoms with Crippen LogP contribution in [0.1, 0.15) is 48.1 Å². The number of fused-ring (bicyclic) bond motifs is 1. The van der Waals surface area contributed by atoms with Crippen molar-refractivity contribution in [1.82, 2.24) is 10.2 Å². The minimum Gasteiger partial charge on any atom is -0.352 e. The number of nitrogens with one attached hydrogen (secondary N) is 1. The molecule has 2 amide bonds. The van der Waals surface area contributed by atoms with Crippen LogP contribution in [0.3, 0.4) is 0 Å². The van der Waals surface area contributed by atoms with E-state index < -0.39 is 0 Å². The third-order valence-electron chi connectivity index (χ3n) is 5.12. The van der Waals surface area contributed by atoms with Crippen LogP contribution >= 0.6 is 11.3 Å². The van der Waals surface area contributed by atoms with E-state index in [4.69, 9.17) is 0 Å². The monoisotopic (exact) mass is 318 g/mol. The van der Waals surface area contributed by atoms with E-state index in [0.29, 0.717) is 25.6 Å². The lowest BCUT2D eigenvalue weighted by Crippen LogP contribution is -2.33. The first-order valence-corrected chi connectivity index (χ1v) is 9.25. The lowest BCUT2D eigenvalue weighted by Gasteiger charge is -2.16. The van der Waals surface area contributed by atoms with Crippen LogP contribution in [-0.4, -0.2) is 29.3 Å². The number of amides is 2. The summed E-state index contributed by atoms with van der Waals surface area (Å²) in [6.07, 6.45) is 7.52. The van der Waals surface area contributed by atoms with Gasteiger partial charge < -0.3 is 10.2 Å². The molecule has 5 heteroatoms. The summed E-state index contributed by atoms with van der Waals surface area (Å²) in [5.41, 5.74) is 2.76. The average Bonchev–Trinajstić information content (AvgIpc) is 3.17. The summed E-state index contributed by atoms with van der Waals surface area (Å²) in [4.78, 5) is 27.7. The zero-order valence-electron chi connectivity index (χ0n) is 12.8. The number of aryl methyl sites for hydroxylation is 1. The van der Waals surface area contributed by atoms with Crippen LogP contribution in [0.15, 0.2) is 5.38 Å². The quantitative estimate of drug-likeness (QED) is 0.926. The maximum atomic E-state index is 12.4. The maximum absolute atomic E-state index is 12.4. The van der Waals surface area contributed by atoms with Crippen molar-refractivity contribution in [3.63, 3.8) is 0 Å². The van der Waals surface area contributed by atoms with E-state index in [1.807, 2.05) is 16.2 Å². The van der Waals surface area contributed by atoms with E-state index in [0.717, 1.165) is 19.3 Å². The molecule has 1 N–H and O–H groups in total. The smallest absolute Gasteiger partial charge is 0.225 e. The Hall–Kier alpha value is -1.36. The van der Waals surface area contributed by atoms with Crippen LogP contribution in [0.5, 0.6) is 0 Å². The summed E-state index contributed by atoms with van der Waals surface area (Å²) >= 11 is 1.84. The summed E-state index contributed by atoms with van der Waals surface area (Å²) in [6.45, 7) is 1.25. The van der Waals surface area contributed by atoms with Crippen LogP contribution in [0, 0.1) is 5.92 Å². The van der Waals surface area contributed by atoms with Gasteiger partial charge in [-0.05, 0) is 55.0 Å². The number of hydrogen-bond donors (Lipinski definition) is 1. The number of carbonyl (C=O) groups is 2. The molecule has 0 spiro atoms. The van der Waals surface area contributed by atoms with Crippen molar-refractivity contribution in [2.24, 2.45) is 5.92 Å². The Balaban J connectivity index is 1.35. The number of thiophene rings is 1. The third-order valence-corrected chi connectivity index (χ3v) is 6.26. The summed E-state index contributed by atoms with van der Waals surface area (Å²) in [6, 6.07) is 0.425. The van der Waals surface area contributed by atoms with E-state index in [-0.39, 0.29) is 17.7 Å². The topological polar surface area (TPSA) is 49.4 Å². The van der Waals surface area contributed by atoms with Gasteiger partial charge in [0.2, 0.25) is 11.8 Å². The lowest BCUT2D eigenvalue weighted by molar-refractivity contribution is -0.129. The Bertz CT molecular complexity index is 606. The fraction of sp³-hybridized carbons (Fsp3) is 0.647. The first-order valence-electron chi connectivity index (χ1n) is 8.37. The van der Waals surface area contributed by atoms with Gasteiger partial charge in [-0.3, -0.25) is 9.59 Å². The first kappa shape index (κ1) is 14.2. The summed E-state index contributed by atoms with van der Waals surface area (Å²) in [5, 5.41) is 5.27. The molecule has 0 unspecified atom stereocenters. The van der Waals surface area contributed by atoms with Gasteiger partial charge in [0.1, 0.15) is 0 Å². The van der Waals surface area contributed by atoms with Crippen LogP contribution in [0.25, 0.3) is 0 Å². The molecule has 0 aromatic carbocycles. The molecular formula is C17H22N2O2S. The second-order valence-electron chi connectivity index (χ2n) is 6.77. The van der Waals surface area contributed by atoms with Gasteiger partial charge in [0.05, 0.1) is 5.92 Å². The summed E-state index contributed by atoms with van der Waals surface area (Å²) in [5.74, 6) is 0.0605. The zero-order valence-corrected chi connectivity index (χ0v) is 13.6. The van der Waals surface area contributed by atoms with Crippen LogP contribution in [0.2, 0.25) is 0 Å². The van der Waals surface area contributed by atoms with Gasteiger partial charge in [0.15, 0.2) is 0 Å². The number of likely N-dealkylation sites (tertiary alicyclic amines) is 1. The molecule has 22 heavy (non-hydrogen) atoms. The van der Waals surface area contributed by atoms with E-state index in [9.17, 15) is 9.59 Å². The molecular weight excluding hydrogens is 296 g/mol. The second-order valence-corrected chi connectivity index (χ2v) is 7.73. The molecule has 4 rings (SSSR count). The van der Waals surface area contributed by atoms with Crippen molar-refractivity contribution in [3.8, 4) is 0 Å². The largest absolute Gasteiger partial charge is 0.352 e. The van der Waals surface area contributed by atoms with E-state index >= 15 is 0 Å². The van der Waals surface area contributed by atoms with Gasteiger partial charge in [-0.2, -0.15) is 0 Å². The number of carbonyl (C=O) groups excluding carboxylic acids is 2. The fourth-order valence-corrected chi connectivity index (χ4v) is 4.83. The van der Waals surface area contributed by atoms with Crippen molar-refractivity contribution in [2.75, 3.05) is 6.54 Å². The van der Waals surface area contributed by atoms with Gasteiger partial charge in [-0.1, -0.05) is 0 Å². The Morgan fingerprint density at radius 3 is 2.95 bits per heavy atom. The minimum absolute atomic E-state index is 0.0484. The summed E-state index contributed by atoms with van der Waals surface area (Å²) < 4.78 is 0. The molecule has 1 aromatic heterocycles. The number of nitrogens with zero attached hydrogens (tertiary/aromatic N) is 1. The van der Waals surface area contributed by atoms with Crippen LogP contribution < -0.4 is 5.32 Å². The fourth-order valence-electron chi connectivity index (χ4n) is 3.68. The molecule has 2 heterocycles. The third kappa shape index (κ3) is 2.67. The predicted octanol–water partition coefficient (Wildman–Crippen LogP) is 2.25. The van der Waals surface area contributed by atoms with E-state index in [1.165, 1.54) is 35.3 Å². The molecule has 1 atom stereocenters. The number of rotatable bonds is 4. The molecule has 1 saturated carbocycles. The molecule has 4 nitrogen and oxygen atoms in total. The standard InChI is InChI=1S/C17H22N2O2S/c20-16-7-11(9-19(16)13-5-6-13)17(21)18-8-12-10-22-15-4-2-1-3-14(12)15/h10-11,13H,1-9H2,(H,18,21)/t11-/m0/s1. The van der Waals surface area contributed by atoms with Crippen molar-refractivity contribution >= 4 is 23.2 Å². The molecule has 0 radical (unpaired) electrons. The first-order chi connectivity index (χ1) is 10.7. The van der Waals surface area contributed by atoms with E-state index in [2.05, 4.69) is 10.7 Å². The van der Waals surface area contributed by atoms with Crippen molar-refractivity contribution in [1.29, 1.82) is 0 Å². The molecule has 2 fully saturated rings. The molecule has 1 saturated heterocycles.